The van der Waals surface area contributed by atoms with Gasteiger partial charge in [-0.1, -0.05) is 6.07 Å². The third kappa shape index (κ3) is 3.62. The molecule has 19 heavy (non-hydrogen) atoms. The van der Waals surface area contributed by atoms with Gasteiger partial charge in [0.2, 0.25) is 0 Å². The van der Waals surface area contributed by atoms with Gasteiger partial charge in [0.05, 0.1) is 17.2 Å². The van der Waals surface area contributed by atoms with E-state index in [1.807, 2.05) is 0 Å². The molecule has 4 nitrogen and oxygen atoms in total. The standard InChI is InChI=1S/C11H11F3O4S/c12-11(13,14)7-3-5(9(16)8(15)4-19)1-2-6(7)10(17)18/h1-3,8-9,15-16,19H,4H2,(H,17,18). The number of hydrogen-bond acceptors (Lipinski definition) is 4. The van der Waals surface area contributed by atoms with Crippen molar-refractivity contribution in [1.29, 1.82) is 0 Å². The lowest BCUT2D eigenvalue weighted by Gasteiger charge is -2.18. The van der Waals surface area contributed by atoms with Crippen LogP contribution in [0, 0.1) is 0 Å². The van der Waals surface area contributed by atoms with Gasteiger partial charge in [0.25, 0.3) is 0 Å². The third-order valence-corrected chi connectivity index (χ3v) is 2.85. The van der Waals surface area contributed by atoms with E-state index in [-0.39, 0.29) is 11.3 Å². The van der Waals surface area contributed by atoms with Crippen molar-refractivity contribution in [2.45, 2.75) is 18.4 Å². The molecule has 0 fully saturated rings. The number of thiol groups is 1. The van der Waals surface area contributed by atoms with Crippen LogP contribution in [0.2, 0.25) is 0 Å². The molecule has 1 aromatic carbocycles. The average molecular weight is 296 g/mol. The number of aliphatic hydroxyl groups excluding tert-OH is 2. The molecular weight excluding hydrogens is 285 g/mol. The van der Waals surface area contributed by atoms with Crippen molar-refractivity contribution in [3.63, 3.8) is 0 Å². The summed E-state index contributed by atoms with van der Waals surface area (Å²) in [5, 5.41) is 27.6. The quantitative estimate of drug-likeness (QED) is 0.638. The summed E-state index contributed by atoms with van der Waals surface area (Å²) in [4.78, 5) is 10.7. The number of alkyl halides is 3. The lowest BCUT2D eigenvalue weighted by Crippen LogP contribution is -2.21. The van der Waals surface area contributed by atoms with E-state index in [9.17, 15) is 28.2 Å². The van der Waals surface area contributed by atoms with Gasteiger partial charge in [-0.25, -0.2) is 4.79 Å². The van der Waals surface area contributed by atoms with Crippen LogP contribution in [-0.2, 0) is 6.18 Å². The van der Waals surface area contributed by atoms with Crippen molar-refractivity contribution in [3.05, 3.63) is 34.9 Å². The van der Waals surface area contributed by atoms with Gasteiger partial charge in [0.1, 0.15) is 6.10 Å². The van der Waals surface area contributed by atoms with Crippen molar-refractivity contribution in [1.82, 2.24) is 0 Å². The largest absolute Gasteiger partial charge is 0.478 e. The Morgan fingerprint density at radius 2 is 1.89 bits per heavy atom. The molecule has 0 aromatic heterocycles. The van der Waals surface area contributed by atoms with E-state index in [1.165, 1.54) is 0 Å². The van der Waals surface area contributed by atoms with E-state index in [0.29, 0.717) is 6.07 Å². The normalized spacial score (nSPS) is 15.1. The first-order valence-corrected chi connectivity index (χ1v) is 5.73. The molecule has 0 heterocycles. The van der Waals surface area contributed by atoms with Crippen LogP contribution in [0.25, 0.3) is 0 Å². The lowest BCUT2D eigenvalue weighted by molar-refractivity contribution is -0.138. The summed E-state index contributed by atoms with van der Waals surface area (Å²) in [6, 6.07) is 2.28. The van der Waals surface area contributed by atoms with Crippen molar-refractivity contribution in [2.75, 3.05) is 5.75 Å². The maximum Gasteiger partial charge on any atom is 0.417 e. The highest BCUT2D eigenvalue weighted by Gasteiger charge is 2.36. The number of carbonyl (C=O) groups is 1. The van der Waals surface area contributed by atoms with Crippen molar-refractivity contribution in [2.24, 2.45) is 0 Å². The Bertz CT molecular complexity index is 475. The Hall–Kier alpha value is -1.25. The Balaban J connectivity index is 3.30. The molecule has 1 aromatic rings. The molecule has 8 heteroatoms. The van der Waals surface area contributed by atoms with E-state index < -0.39 is 35.5 Å². The molecule has 0 aliphatic heterocycles. The minimum Gasteiger partial charge on any atom is -0.478 e. The molecule has 1 rings (SSSR count). The van der Waals surface area contributed by atoms with Crippen LogP contribution in [0.4, 0.5) is 13.2 Å². The van der Waals surface area contributed by atoms with Gasteiger partial charge >= 0.3 is 12.1 Å². The Kier molecular flexibility index (Phi) is 4.83. The zero-order valence-electron chi connectivity index (χ0n) is 9.42. The molecule has 3 N–H and O–H groups in total. The molecule has 0 aliphatic carbocycles. The van der Waals surface area contributed by atoms with Gasteiger partial charge in [0, 0.05) is 5.75 Å². The minimum absolute atomic E-state index is 0.150. The van der Waals surface area contributed by atoms with Crippen LogP contribution in [0.1, 0.15) is 27.6 Å². The molecule has 0 amide bonds. The molecule has 0 saturated carbocycles. The maximum atomic E-state index is 12.7. The maximum absolute atomic E-state index is 12.7. The van der Waals surface area contributed by atoms with Gasteiger partial charge in [-0.3, -0.25) is 0 Å². The first-order valence-electron chi connectivity index (χ1n) is 5.10. The van der Waals surface area contributed by atoms with E-state index in [4.69, 9.17) is 5.11 Å². The zero-order valence-corrected chi connectivity index (χ0v) is 10.3. The number of carboxylic acids is 1. The highest BCUT2D eigenvalue weighted by molar-refractivity contribution is 7.80. The number of hydrogen-bond donors (Lipinski definition) is 4. The SMILES string of the molecule is O=C(O)c1ccc(C(O)C(O)CS)cc1C(F)(F)F. The molecule has 0 bridgehead atoms. The summed E-state index contributed by atoms with van der Waals surface area (Å²) in [5.41, 5.74) is -2.51. The fourth-order valence-corrected chi connectivity index (χ4v) is 1.69. The van der Waals surface area contributed by atoms with Gasteiger partial charge < -0.3 is 15.3 Å². The summed E-state index contributed by atoms with van der Waals surface area (Å²) >= 11 is 3.71. The lowest BCUT2D eigenvalue weighted by atomic mass is 9.98. The molecule has 2 unspecified atom stereocenters. The average Bonchev–Trinajstić information content (AvgIpc) is 2.35. The van der Waals surface area contributed by atoms with Crippen LogP contribution >= 0.6 is 12.6 Å². The Morgan fingerprint density at radius 1 is 1.32 bits per heavy atom. The van der Waals surface area contributed by atoms with Crippen LogP contribution in [-0.4, -0.2) is 33.1 Å². The fraction of sp³-hybridized carbons (Fsp3) is 0.364. The Morgan fingerprint density at radius 3 is 2.32 bits per heavy atom. The molecular formula is C11H11F3O4S. The van der Waals surface area contributed by atoms with E-state index in [0.717, 1.165) is 12.1 Å². The molecule has 0 saturated heterocycles. The summed E-state index contributed by atoms with van der Waals surface area (Å²) < 4.78 is 38.1. The summed E-state index contributed by atoms with van der Waals surface area (Å²) in [7, 11) is 0. The molecule has 0 radical (unpaired) electrons. The summed E-state index contributed by atoms with van der Waals surface area (Å²) in [6.45, 7) is 0. The first-order chi connectivity index (χ1) is 8.68. The van der Waals surface area contributed by atoms with E-state index >= 15 is 0 Å². The zero-order chi connectivity index (χ0) is 14.8. The highest BCUT2D eigenvalue weighted by atomic mass is 32.1. The molecule has 106 valence electrons. The molecule has 0 spiro atoms. The van der Waals surface area contributed by atoms with Crippen molar-refractivity contribution in [3.8, 4) is 0 Å². The third-order valence-electron chi connectivity index (χ3n) is 2.47. The van der Waals surface area contributed by atoms with Crippen LogP contribution in [0.5, 0.6) is 0 Å². The minimum atomic E-state index is -4.87. The first kappa shape index (κ1) is 15.8. The molecule has 0 aliphatic rings. The van der Waals surface area contributed by atoms with Crippen molar-refractivity contribution >= 4 is 18.6 Å². The van der Waals surface area contributed by atoms with Gasteiger partial charge in [-0.05, 0) is 17.7 Å². The summed E-state index contributed by atoms with van der Waals surface area (Å²) in [5.74, 6) is -1.87. The predicted octanol–water partition coefficient (Wildman–Crippen LogP) is 1.73. The number of rotatable bonds is 4. The highest BCUT2D eigenvalue weighted by Crippen LogP contribution is 2.34. The smallest absolute Gasteiger partial charge is 0.417 e. The number of aromatic carboxylic acids is 1. The van der Waals surface area contributed by atoms with Gasteiger partial charge in [0.15, 0.2) is 0 Å². The van der Waals surface area contributed by atoms with Crippen LogP contribution in [0.3, 0.4) is 0 Å². The van der Waals surface area contributed by atoms with Crippen LogP contribution in [0.15, 0.2) is 18.2 Å². The second-order valence-corrected chi connectivity index (χ2v) is 4.17. The fourth-order valence-electron chi connectivity index (χ4n) is 1.49. The van der Waals surface area contributed by atoms with E-state index in [2.05, 4.69) is 12.6 Å². The predicted molar refractivity (Wildman–Crippen MR) is 63.2 cm³/mol. The summed E-state index contributed by atoms with van der Waals surface area (Å²) in [6.07, 6.45) is -7.78. The number of aliphatic hydroxyl groups is 2. The number of carboxylic acid groups (broad SMARTS) is 1. The second kappa shape index (κ2) is 5.81. The van der Waals surface area contributed by atoms with Crippen molar-refractivity contribution < 1.29 is 33.3 Å². The van der Waals surface area contributed by atoms with Gasteiger partial charge in [-0.2, -0.15) is 25.8 Å². The van der Waals surface area contributed by atoms with E-state index in [1.54, 1.807) is 0 Å². The number of benzene rings is 1. The number of halogens is 3. The van der Waals surface area contributed by atoms with Gasteiger partial charge in [-0.15, -0.1) is 0 Å². The van der Waals surface area contributed by atoms with Crippen LogP contribution < -0.4 is 0 Å². The second-order valence-electron chi connectivity index (χ2n) is 3.80. The monoisotopic (exact) mass is 296 g/mol. The Labute approximate surface area is 111 Å². The topological polar surface area (TPSA) is 77.8 Å². The molecule has 2 atom stereocenters.